The van der Waals surface area contributed by atoms with Crippen molar-refractivity contribution < 1.29 is 34.5 Å². The van der Waals surface area contributed by atoms with Crippen molar-refractivity contribution >= 4 is 23.7 Å². The fraction of sp³-hybridized carbons (Fsp3) is 0.789. The Bertz CT molecular complexity index is 557. The van der Waals surface area contributed by atoms with Crippen molar-refractivity contribution in [3.05, 3.63) is 0 Å². The number of nitrogens with two attached hydrogens (primary N) is 1. The summed E-state index contributed by atoms with van der Waals surface area (Å²) in [4.78, 5) is 47.9. The van der Waals surface area contributed by atoms with Gasteiger partial charge >= 0.3 is 5.97 Å². The molecular weight excluding hydrogens is 396 g/mol. The summed E-state index contributed by atoms with van der Waals surface area (Å²) in [6.45, 7) is 2.64. The number of aliphatic hydroxyl groups is 2. The molecule has 0 aromatic heterocycles. The van der Waals surface area contributed by atoms with E-state index in [0.717, 1.165) is 25.7 Å². The van der Waals surface area contributed by atoms with Crippen LogP contribution in [0.1, 0.15) is 58.8 Å². The van der Waals surface area contributed by atoms with Crippen molar-refractivity contribution in [1.29, 1.82) is 0 Å². The van der Waals surface area contributed by atoms with Gasteiger partial charge in [0.15, 0.2) is 0 Å². The summed E-state index contributed by atoms with van der Waals surface area (Å²) in [5, 5.41) is 35.2. The van der Waals surface area contributed by atoms with E-state index in [4.69, 9.17) is 10.8 Å². The van der Waals surface area contributed by atoms with Crippen molar-refractivity contribution in [3.63, 3.8) is 0 Å². The second-order valence-electron chi connectivity index (χ2n) is 7.17. The monoisotopic (exact) mass is 432 g/mol. The summed E-state index contributed by atoms with van der Waals surface area (Å²) >= 11 is 0. The van der Waals surface area contributed by atoms with Crippen LogP contribution in [-0.4, -0.2) is 76.4 Å². The van der Waals surface area contributed by atoms with Gasteiger partial charge in [-0.3, -0.25) is 14.4 Å². The van der Waals surface area contributed by atoms with E-state index in [1.165, 1.54) is 6.92 Å². The molecular formula is C19H36N4O7. The molecule has 11 heteroatoms. The first-order valence-corrected chi connectivity index (χ1v) is 10.3. The zero-order chi connectivity index (χ0) is 23.1. The van der Waals surface area contributed by atoms with Crippen LogP contribution in [0.2, 0.25) is 0 Å². The number of hydrogen-bond donors (Lipinski definition) is 7. The van der Waals surface area contributed by atoms with Gasteiger partial charge in [-0.2, -0.15) is 0 Å². The van der Waals surface area contributed by atoms with Crippen LogP contribution in [0.3, 0.4) is 0 Å². The summed E-state index contributed by atoms with van der Waals surface area (Å²) in [5.74, 6) is -3.50. The van der Waals surface area contributed by atoms with Gasteiger partial charge in [0.2, 0.25) is 17.7 Å². The van der Waals surface area contributed by atoms with Gasteiger partial charge in [0.25, 0.3) is 0 Å². The maximum atomic E-state index is 12.4. The Kier molecular flexibility index (Phi) is 14.4. The van der Waals surface area contributed by atoms with Gasteiger partial charge in [-0.25, -0.2) is 4.79 Å². The Balaban J connectivity index is 4.82. The van der Waals surface area contributed by atoms with Crippen LogP contribution in [0.4, 0.5) is 0 Å². The molecule has 0 aliphatic rings. The minimum Gasteiger partial charge on any atom is -0.480 e. The highest BCUT2D eigenvalue weighted by Gasteiger charge is 2.31. The molecule has 0 aliphatic carbocycles. The predicted molar refractivity (Wildman–Crippen MR) is 109 cm³/mol. The molecule has 3 amide bonds. The SMILES string of the molecule is CCCCCCCC(=O)N[C@@H](CO)C(=O)N[C@H](C(=O)N[C@@H](CCN)C(=O)O)[C@@H](C)O. The van der Waals surface area contributed by atoms with Crippen molar-refractivity contribution in [3.8, 4) is 0 Å². The molecule has 30 heavy (non-hydrogen) atoms. The number of carbonyl (C=O) groups is 4. The van der Waals surface area contributed by atoms with Crippen molar-refractivity contribution in [2.75, 3.05) is 13.2 Å². The van der Waals surface area contributed by atoms with Crippen LogP contribution in [0, 0.1) is 0 Å². The van der Waals surface area contributed by atoms with Gasteiger partial charge in [-0.15, -0.1) is 0 Å². The van der Waals surface area contributed by atoms with E-state index in [-0.39, 0.29) is 19.4 Å². The highest BCUT2D eigenvalue weighted by molar-refractivity contribution is 5.93. The number of nitrogens with one attached hydrogen (secondary N) is 3. The summed E-state index contributed by atoms with van der Waals surface area (Å²) in [6, 6.07) is -4.06. The average molecular weight is 433 g/mol. The zero-order valence-electron chi connectivity index (χ0n) is 17.7. The van der Waals surface area contributed by atoms with E-state index >= 15 is 0 Å². The number of unbranched alkanes of at least 4 members (excludes halogenated alkanes) is 4. The highest BCUT2D eigenvalue weighted by atomic mass is 16.4. The van der Waals surface area contributed by atoms with Crippen LogP contribution >= 0.6 is 0 Å². The standard InChI is InChI=1S/C19H36N4O7/c1-3-4-5-6-7-8-15(26)21-14(11-24)17(27)23-16(12(2)25)18(28)22-13(9-10-20)19(29)30/h12-14,16,24-25H,3-11,20H2,1-2H3,(H,21,26)(H,22,28)(H,23,27)(H,29,30)/t12-,13+,14+,16+/m1/s1. The fourth-order valence-corrected chi connectivity index (χ4v) is 2.69. The maximum Gasteiger partial charge on any atom is 0.326 e. The molecule has 0 rings (SSSR count). The third kappa shape index (κ3) is 11.1. The lowest BCUT2D eigenvalue weighted by molar-refractivity contribution is -0.143. The van der Waals surface area contributed by atoms with E-state index in [2.05, 4.69) is 22.9 Å². The molecule has 0 fully saturated rings. The molecule has 0 aliphatic heterocycles. The molecule has 4 atom stereocenters. The first kappa shape index (κ1) is 27.8. The van der Waals surface area contributed by atoms with Crippen molar-refractivity contribution in [1.82, 2.24) is 16.0 Å². The molecule has 8 N–H and O–H groups in total. The first-order chi connectivity index (χ1) is 14.2. The third-order valence-electron chi connectivity index (χ3n) is 4.47. The Morgan fingerprint density at radius 1 is 0.933 bits per heavy atom. The lowest BCUT2D eigenvalue weighted by Gasteiger charge is -2.25. The number of carboxylic acid groups (broad SMARTS) is 1. The number of aliphatic carboxylic acids is 1. The van der Waals surface area contributed by atoms with Crippen LogP contribution < -0.4 is 21.7 Å². The smallest absolute Gasteiger partial charge is 0.326 e. The molecule has 0 bridgehead atoms. The number of amides is 3. The lowest BCUT2D eigenvalue weighted by Crippen LogP contribution is -2.59. The fourth-order valence-electron chi connectivity index (χ4n) is 2.69. The minimum absolute atomic E-state index is 0.0139. The van der Waals surface area contributed by atoms with Crippen LogP contribution in [0.15, 0.2) is 0 Å². The minimum atomic E-state index is -1.47. The van der Waals surface area contributed by atoms with Crippen LogP contribution in [0.5, 0.6) is 0 Å². The molecule has 0 saturated heterocycles. The highest BCUT2D eigenvalue weighted by Crippen LogP contribution is 2.05. The number of aliphatic hydroxyl groups excluding tert-OH is 2. The maximum absolute atomic E-state index is 12.4. The molecule has 0 aromatic carbocycles. The molecule has 0 aromatic rings. The normalized spacial score (nSPS) is 14.8. The Labute approximate surface area is 176 Å². The summed E-state index contributed by atoms with van der Waals surface area (Å²) in [6.07, 6.45) is 3.53. The molecule has 0 heterocycles. The number of carboxylic acids is 1. The third-order valence-corrected chi connectivity index (χ3v) is 4.47. The molecule has 0 radical (unpaired) electrons. The van der Waals surface area contributed by atoms with Gasteiger partial charge in [0.1, 0.15) is 18.1 Å². The van der Waals surface area contributed by atoms with Gasteiger partial charge in [0.05, 0.1) is 12.7 Å². The van der Waals surface area contributed by atoms with Gasteiger partial charge in [-0.05, 0) is 26.3 Å². The Hall–Kier alpha value is -2.24. The average Bonchev–Trinajstić information content (AvgIpc) is 2.68. The molecule has 0 saturated carbocycles. The van der Waals surface area contributed by atoms with Gasteiger partial charge < -0.3 is 37.0 Å². The van der Waals surface area contributed by atoms with E-state index in [1.54, 1.807) is 0 Å². The molecule has 0 unspecified atom stereocenters. The predicted octanol–water partition coefficient (Wildman–Crippen LogP) is -1.39. The largest absolute Gasteiger partial charge is 0.480 e. The van der Waals surface area contributed by atoms with E-state index in [0.29, 0.717) is 6.42 Å². The molecule has 0 spiro atoms. The number of carbonyl (C=O) groups excluding carboxylic acids is 3. The zero-order valence-corrected chi connectivity index (χ0v) is 17.7. The van der Waals surface area contributed by atoms with E-state index < -0.39 is 54.5 Å². The molecule has 11 nitrogen and oxygen atoms in total. The topological polar surface area (TPSA) is 191 Å². The van der Waals surface area contributed by atoms with Gasteiger partial charge in [-0.1, -0.05) is 32.6 Å². The Morgan fingerprint density at radius 2 is 1.57 bits per heavy atom. The van der Waals surface area contributed by atoms with Crippen LogP contribution in [-0.2, 0) is 19.2 Å². The van der Waals surface area contributed by atoms with E-state index in [9.17, 15) is 29.4 Å². The molecule has 174 valence electrons. The quantitative estimate of drug-likeness (QED) is 0.145. The Morgan fingerprint density at radius 3 is 2.07 bits per heavy atom. The summed E-state index contributed by atoms with van der Waals surface area (Å²) in [5.41, 5.74) is 5.32. The van der Waals surface area contributed by atoms with Crippen molar-refractivity contribution in [2.24, 2.45) is 5.73 Å². The number of hydrogen-bond acceptors (Lipinski definition) is 7. The van der Waals surface area contributed by atoms with Crippen LogP contribution in [0.25, 0.3) is 0 Å². The first-order valence-electron chi connectivity index (χ1n) is 10.3. The lowest BCUT2D eigenvalue weighted by atomic mass is 10.1. The van der Waals surface area contributed by atoms with Crippen molar-refractivity contribution in [2.45, 2.75) is 83.0 Å². The van der Waals surface area contributed by atoms with Gasteiger partial charge in [0, 0.05) is 6.42 Å². The summed E-state index contributed by atoms with van der Waals surface area (Å²) < 4.78 is 0. The number of rotatable bonds is 16. The summed E-state index contributed by atoms with van der Waals surface area (Å²) in [7, 11) is 0. The van der Waals surface area contributed by atoms with E-state index in [1.807, 2.05) is 0 Å². The second kappa shape index (κ2) is 15.6. The second-order valence-corrected chi connectivity index (χ2v) is 7.17.